The van der Waals surface area contributed by atoms with Crippen LogP contribution in [0.15, 0.2) is 24.8 Å². The molecule has 0 aliphatic carbocycles. The van der Waals surface area contributed by atoms with Crippen molar-refractivity contribution < 1.29 is 5.11 Å². The van der Waals surface area contributed by atoms with Gasteiger partial charge < -0.3 is 5.11 Å². The second-order valence-corrected chi connectivity index (χ2v) is 4.59. The number of aryl methyl sites for hydroxylation is 1. The van der Waals surface area contributed by atoms with Gasteiger partial charge in [-0.1, -0.05) is 13.0 Å². The number of hydrogen-bond donors (Lipinski definition) is 1. The van der Waals surface area contributed by atoms with E-state index in [1.807, 2.05) is 12.1 Å². The van der Waals surface area contributed by atoms with Crippen molar-refractivity contribution in [2.24, 2.45) is 0 Å². The first-order chi connectivity index (χ1) is 6.77. The molecular formula is C12H18OS. The summed E-state index contributed by atoms with van der Waals surface area (Å²) in [5.41, 5.74) is 0. The monoisotopic (exact) mass is 210 g/mol. The summed E-state index contributed by atoms with van der Waals surface area (Å²) in [6.07, 6.45) is 5.53. The predicted octanol–water partition coefficient (Wildman–Crippen LogP) is 3.70. The van der Waals surface area contributed by atoms with Crippen molar-refractivity contribution in [1.82, 2.24) is 0 Å². The van der Waals surface area contributed by atoms with Gasteiger partial charge in [-0.2, -0.15) is 0 Å². The quantitative estimate of drug-likeness (QED) is 0.560. The standard InChI is InChI=1S/C12H18OS/c1-3-5-6-7-11(13)12-9-8-10(4-2)14-12/h3,8-9,11,13H,1,4-7H2,2H3. The van der Waals surface area contributed by atoms with Crippen LogP contribution in [-0.2, 0) is 6.42 Å². The lowest BCUT2D eigenvalue weighted by Crippen LogP contribution is -1.93. The molecule has 0 bridgehead atoms. The lowest BCUT2D eigenvalue weighted by molar-refractivity contribution is 0.168. The highest BCUT2D eigenvalue weighted by Crippen LogP contribution is 2.26. The van der Waals surface area contributed by atoms with Crippen LogP contribution in [0.1, 0.15) is 42.0 Å². The van der Waals surface area contributed by atoms with Crippen molar-refractivity contribution in [3.05, 3.63) is 34.5 Å². The van der Waals surface area contributed by atoms with Gasteiger partial charge in [-0.25, -0.2) is 0 Å². The third kappa shape index (κ3) is 3.28. The van der Waals surface area contributed by atoms with Crippen LogP contribution >= 0.6 is 11.3 Å². The second kappa shape index (κ2) is 5.99. The zero-order valence-corrected chi connectivity index (χ0v) is 9.52. The topological polar surface area (TPSA) is 20.2 Å². The van der Waals surface area contributed by atoms with E-state index in [1.54, 1.807) is 11.3 Å². The largest absolute Gasteiger partial charge is 0.388 e. The summed E-state index contributed by atoms with van der Waals surface area (Å²) in [7, 11) is 0. The SMILES string of the molecule is C=CCCCC(O)c1ccc(CC)s1. The first kappa shape index (κ1) is 11.5. The average Bonchev–Trinajstić information content (AvgIpc) is 2.66. The molecule has 14 heavy (non-hydrogen) atoms. The van der Waals surface area contributed by atoms with Crippen LogP contribution in [0.3, 0.4) is 0 Å². The zero-order chi connectivity index (χ0) is 10.4. The Morgan fingerprint density at radius 3 is 2.93 bits per heavy atom. The highest BCUT2D eigenvalue weighted by atomic mass is 32.1. The normalized spacial score (nSPS) is 12.7. The van der Waals surface area contributed by atoms with Crippen molar-refractivity contribution in [2.75, 3.05) is 0 Å². The molecule has 1 atom stereocenters. The van der Waals surface area contributed by atoms with E-state index in [-0.39, 0.29) is 6.10 Å². The number of rotatable bonds is 6. The molecule has 1 unspecified atom stereocenters. The van der Waals surface area contributed by atoms with Gasteiger partial charge in [0.2, 0.25) is 0 Å². The van der Waals surface area contributed by atoms with E-state index in [4.69, 9.17) is 0 Å². The van der Waals surface area contributed by atoms with Gasteiger partial charge in [-0.05, 0) is 37.8 Å². The van der Waals surface area contributed by atoms with E-state index in [1.165, 1.54) is 4.88 Å². The van der Waals surface area contributed by atoms with Gasteiger partial charge in [0.25, 0.3) is 0 Å². The average molecular weight is 210 g/mol. The van der Waals surface area contributed by atoms with Crippen LogP contribution in [0, 0.1) is 0 Å². The smallest absolute Gasteiger partial charge is 0.0882 e. The number of hydrogen-bond acceptors (Lipinski definition) is 2. The predicted molar refractivity (Wildman–Crippen MR) is 62.7 cm³/mol. The van der Waals surface area contributed by atoms with Crippen LogP contribution in [0.4, 0.5) is 0 Å². The third-order valence-corrected chi connectivity index (χ3v) is 3.58. The van der Waals surface area contributed by atoms with Crippen LogP contribution in [0.5, 0.6) is 0 Å². The summed E-state index contributed by atoms with van der Waals surface area (Å²) in [5, 5.41) is 9.83. The van der Waals surface area contributed by atoms with Gasteiger partial charge in [-0.15, -0.1) is 17.9 Å². The molecule has 0 aliphatic heterocycles. The molecular weight excluding hydrogens is 192 g/mol. The van der Waals surface area contributed by atoms with Gasteiger partial charge in [0, 0.05) is 9.75 Å². The highest BCUT2D eigenvalue weighted by molar-refractivity contribution is 7.12. The van der Waals surface area contributed by atoms with Crippen LogP contribution < -0.4 is 0 Å². The van der Waals surface area contributed by atoms with Gasteiger partial charge in [-0.3, -0.25) is 0 Å². The zero-order valence-electron chi connectivity index (χ0n) is 8.70. The summed E-state index contributed by atoms with van der Waals surface area (Å²) in [5.74, 6) is 0. The highest BCUT2D eigenvalue weighted by Gasteiger charge is 2.08. The maximum Gasteiger partial charge on any atom is 0.0882 e. The number of unbranched alkanes of at least 4 members (excludes halogenated alkanes) is 1. The number of aliphatic hydroxyl groups is 1. The van der Waals surface area contributed by atoms with Crippen molar-refractivity contribution in [2.45, 2.75) is 38.7 Å². The molecule has 0 saturated heterocycles. The summed E-state index contributed by atoms with van der Waals surface area (Å²) in [6, 6.07) is 4.15. The Morgan fingerprint density at radius 1 is 1.57 bits per heavy atom. The lowest BCUT2D eigenvalue weighted by Gasteiger charge is -2.06. The van der Waals surface area contributed by atoms with Crippen molar-refractivity contribution in [1.29, 1.82) is 0 Å². The molecule has 0 spiro atoms. The molecule has 0 fully saturated rings. The minimum atomic E-state index is -0.278. The fraction of sp³-hybridized carbons (Fsp3) is 0.500. The lowest BCUT2D eigenvalue weighted by atomic mass is 10.1. The molecule has 1 N–H and O–H groups in total. The minimum absolute atomic E-state index is 0.278. The molecule has 0 amide bonds. The molecule has 1 rings (SSSR count). The molecule has 0 aromatic carbocycles. The minimum Gasteiger partial charge on any atom is -0.388 e. The maximum absolute atomic E-state index is 9.83. The van der Waals surface area contributed by atoms with Crippen molar-refractivity contribution in [3.63, 3.8) is 0 Å². The Kier molecular flexibility index (Phi) is 4.91. The summed E-state index contributed by atoms with van der Waals surface area (Å²) < 4.78 is 0. The van der Waals surface area contributed by atoms with E-state index < -0.39 is 0 Å². The number of allylic oxidation sites excluding steroid dienone is 1. The van der Waals surface area contributed by atoms with E-state index >= 15 is 0 Å². The van der Waals surface area contributed by atoms with E-state index in [0.29, 0.717) is 0 Å². The van der Waals surface area contributed by atoms with Crippen LogP contribution in [0.25, 0.3) is 0 Å². The fourth-order valence-corrected chi connectivity index (χ4v) is 2.33. The van der Waals surface area contributed by atoms with E-state index in [0.717, 1.165) is 30.6 Å². The number of thiophene rings is 1. The van der Waals surface area contributed by atoms with Crippen molar-refractivity contribution >= 4 is 11.3 Å². The number of aliphatic hydroxyl groups excluding tert-OH is 1. The Balaban J connectivity index is 2.43. The molecule has 1 aromatic heterocycles. The molecule has 2 heteroatoms. The van der Waals surface area contributed by atoms with E-state index in [9.17, 15) is 5.11 Å². The molecule has 78 valence electrons. The third-order valence-electron chi connectivity index (χ3n) is 2.25. The maximum atomic E-state index is 9.83. The van der Waals surface area contributed by atoms with Gasteiger partial charge in [0.05, 0.1) is 6.10 Å². The molecule has 1 nitrogen and oxygen atoms in total. The Labute approximate surface area is 90.1 Å². The Bertz CT molecular complexity index is 278. The molecule has 0 aliphatic rings. The van der Waals surface area contributed by atoms with Gasteiger partial charge in [0.1, 0.15) is 0 Å². The fourth-order valence-electron chi connectivity index (χ4n) is 1.36. The Hall–Kier alpha value is -0.600. The van der Waals surface area contributed by atoms with Gasteiger partial charge in [0.15, 0.2) is 0 Å². The van der Waals surface area contributed by atoms with Gasteiger partial charge >= 0.3 is 0 Å². The first-order valence-corrected chi connectivity index (χ1v) is 5.97. The molecule has 0 radical (unpaired) electrons. The Morgan fingerprint density at radius 2 is 2.36 bits per heavy atom. The van der Waals surface area contributed by atoms with Crippen molar-refractivity contribution in [3.8, 4) is 0 Å². The molecule has 1 aromatic rings. The molecule has 1 heterocycles. The summed E-state index contributed by atoms with van der Waals surface area (Å²) in [4.78, 5) is 2.45. The van der Waals surface area contributed by atoms with E-state index in [2.05, 4.69) is 19.6 Å². The van der Waals surface area contributed by atoms with Crippen LogP contribution in [-0.4, -0.2) is 5.11 Å². The first-order valence-electron chi connectivity index (χ1n) is 5.15. The summed E-state index contributed by atoms with van der Waals surface area (Å²) in [6.45, 7) is 5.81. The second-order valence-electron chi connectivity index (χ2n) is 3.39. The van der Waals surface area contributed by atoms with Crippen LogP contribution in [0.2, 0.25) is 0 Å². The molecule has 0 saturated carbocycles. The summed E-state index contributed by atoms with van der Waals surface area (Å²) >= 11 is 1.72.